The maximum atomic E-state index is 12.5. The van der Waals surface area contributed by atoms with E-state index in [2.05, 4.69) is 18.6 Å². The van der Waals surface area contributed by atoms with Gasteiger partial charge in [0.2, 0.25) is 10.0 Å². The zero-order chi connectivity index (χ0) is 15.3. The molecule has 1 rings (SSSR count). The van der Waals surface area contributed by atoms with Gasteiger partial charge in [-0.15, -0.1) is 0 Å². The minimum Gasteiger partial charge on any atom is -0.326 e. The number of sulfonamides is 1. The van der Waals surface area contributed by atoms with Gasteiger partial charge in [0.05, 0.1) is 4.90 Å². The largest absolute Gasteiger partial charge is 0.326 e. The first-order chi connectivity index (χ1) is 9.35. The second-order valence-corrected chi connectivity index (χ2v) is 6.97. The second kappa shape index (κ2) is 7.20. The number of rotatable bonds is 7. The van der Waals surface area contributed by atoms with Crippen LogP contribution in [0, 0.1) is 12.8 Å². The predicted molar refractivity (Wildman–Crippen MR) is 82.9 cm³/mol. The second-order valence-electron chi connectivity index (χ2n) is 5.29. The number of aryl methyl sites for hydroxylation is 1. The molecule has 1 aromatic carbocycles. The van der Waals surface area contributed by atoms with Crippen LogP contribution >= 0.6 is 0 Å². The van der Waals surface area contributed by atoms with E-state index in [9.17, 15) is 8.42 Å². The molecule has 1 atom stereocenters. The lowest BCUT2D eigenvalue weighted by molar-refractivity contribution is 0.390. The molecule has 1 unspecified atom stereocenters. The third-order valence-corrected chi connectivity index (χ3v) is 5.58. The van der Waals surface area contributed by atoms with Gasteiger partial charge in [-0.1, -0.05) is 38.8 Å². The van der Waals surface area contributed by atoms with Crippen molar-refractivity contribution < 1.29 is 8.42 Å². The molecule has 0 heterocycles. The van der Waals surface area contributed by atoms with E-state index in [0.717, 1.165) is 24.0 Å². The average molecular weight is 298 g/mol. The normalized spacial score (nSPS) is 13.7. The minimum atomic E-state index is -3.49. The molecule has 1 aromatic rings. The van der Waals surface area contributed by atoms with Crippen LogP contribution in [-0.4, -0.2) is 14.5 Å². The SMILES string of the molecule is CCC(CC)C(C)NS(=O)(=O)c1cc(CN)ccc1C. The molecule has 0 amide bonds. The van der Waals surface area contributed by atoms with Crippen molar-refractivity contribution in [2.24, 2.45) is 11.7 Å². The Hall–Kier alpha value is -0.910. The van der Waals surface area contributed by atoms with E-state index in [1.54, 1.807) is 19.1 Å². The fraction of sp³-hybridized carbons (Fsp3) is 0.600. The zero-order valence-electron chi connectivity index (χ0n) is 12.8. The third kappa shape index (κ3) is 4.04. The molecule has 3 N–H and O–H groups in total. The zero-order valence-corrected chi connectivity index (χ0v) is 13.6. The highest BCUT2D eigenvalue weighted by Gasteiger charge is 2.23. The maximum absolute atomic E-state index is 12.5. The molecule has 20 heavy (non-hydrogen) atoms. The molecule has 0 aliphatic carbocycles. The van der Waals surface area contributed by atoms with Gasteiger partial charge in [-0.2, -0.15) is 0 Å². The van der Waals surface area contributed by atoms with E-state index >= 15 is 0 Å². The highest BCUT2D eigenvalue weighted by Crippen LogP contribution is 2.20. The van der Waals surface area contributed by atoms with Crippen LogP contribution in [0.4, 0.5) is 0 Å². The first kappa shape index (κ1) is 17.1. The molecule has 0 saturated heterocycles. The molecular formula is C15H26N2O2S. The Kier molecular flexibility index (Phi) is 6.17. The van der Waals surface area contributed by atoms with E-state index < -0.39 is 10.0 Å². The quantitative estimate of drug-likeness (QED) is 0.812. The van der Waals surface area contributed by atoms with Crippen molar-refractivity contribution in [3.63, 3.8) is 0 Å². The summed E-state index contributed by atoms with van der Waals surface area (Å²) in [5.41, 5.74) is 7.16. The lowest BCUT2D eigenvalue weighted by atomic mass is 9.96. The van der Waals surface area contributed by atoms with Crippen molar-refractivity contribution in [1.29, 1.82) is 0 Å². The van der Waals surface area contributed by atoms with E-state index in [1.165, 1.54) is 0 Å². The van der Waals surface area contributed by atoms with Gasteiger partial charge in [0.25, 0.3) is 0 Å². The number of hydrogen-bond donors (Lipinski definition) is 2. The molecule has 4 nitrogen and oxygen atoms in total. The van der Waals surface area contributed by atoms with E-state index in [-0.39, 0.29) is 6.04 Å². The van der Waals surface area contributed by atoms with Crippen LogP contribution in [0.15, 0.2) is 23.1 Å². The summed E-state index contributed by atoms with van der Waals surface area (Å²) in [7, 11) is -3.49. The summed E-state index contributed by atoms with van der Waals surface area (Å²) in [5, 5.41) is 0. The molecule has 0 fully saturated rings. The molecule has 5 heteroatoms. The van der Waals surface area contributed by atoms with Crippen LogP contribution in [0.1, 0.15) is 44.7 Å². The Labute approximate surface area is 122 Å². The van der Waals surface area contributed by atoms with Gasteiger partial charge in [0, 0.05) is 12.6 Å². The molecule has 0 bridgehead atoms. The molecule has 0 aromatic heterocycles. The number of nitrogens with two attached hydrogens (primary N) is 1. The average Bonchev–Trinajstić information content (AvgIpc) is 2.39. The summed E-state index contributed by atoms with van der Waals surface area (Å²) in [5.74, 6) is 0.350. The fourth-order valence-electron chi connectivity index (χ4n) is 2.46. The molecular weight excluding hydrogens is 272 g/mol. The summed E-state index contributed by atoms with van der Waals surface area (Å²) in [6, 6.07) is 5.25. The first-order valence-electron chi connectivity index (χ1n) is 7.17. The van der Waals surface area contributed by atoms with Gasteiger partial charge in [-0.05, 0) is 37.0 Å². The fourth-order valence-corrected chi connectivity index (χ4v) is 4.07. The van der Waals surface area contributed by atoms with E-state index in [1.807, 2.05) is 13.0 Å². The van der Waals surface area contributed by atoms with Gasteiger partial charge in [-0.25, -0.2) is 13.1 Å². The van der Waals surface area contributed by atoms with Crippen molar-refractivity contribution in [3.05, 3.63) is 29.3 Å². The maximum Gasteiger partial charge on any atom is 0.241 e. The van der Waals surface area contributed by atoms with Gasteiger partial charge in [0.15, 0.2) is 0 Å². The first-order valence-corrected chi connectivity index (χ1v) is 8.65. The van der Waals surface area contributed by atoms with Gasteiger partial charge in [-0.3, -0.25) is 0 Å². The lowest BCUT2D eigenvalue weighted by Crippen LogP contribution is -2.38. The summed E-state index contributed by atoms with van der Waals surface area (Å²) < 4.78 is 27.8. The molecule has 114 valence electrons. The topological polar surface area (TPSA) is 72.2 Å². The van der Waals surface area contributed by atoms with Crippen LogP contribution in [0.25, 0.3) is 0 Å². The van der Waals surface area contributed by atoms with E-state index in [4.69, 9.17) is 5.73 Å². The van der Waals surface area contributed by atoms with Gasteiger partial charge in [0.1, 0.15) is 0 Å². The van der Waals surface area contributed by atoms with Gasteiger partial charge >= 0.3 is 0 Å². The number of hydrogen-bond acceptors (Lipinski definition) is 3. The standard InChI is InChI=1S/C15H26N2O2S/c1-5-14(6-2)12(4)17-20(18,19)15-9-13(10-16)8-7-11(15)3/h7-9,12,14,17H,5-6,10,16H2,1-4H3. The molecule has 0 aliphatic heterocycles. The van der Waals surface area contributed by atoms with Crippen LogP contribution in [-0.2, 0) is 16.6 Å². The van der Waals surface area contributed by atoms with Crippen LogP contribution in [0.3, 0.4) is 0 Å². The number of nitrogens with one attached hydrogen (secondary N) is 1. The Balaban J connectivity index is 3.05. The van der Waals surface area contributed by atoms with Crippen molar-refractivity contribution >= 4 is 10.0 Å². The summed E-state index contributed by atoms with van der Waals surface area (Å²) in [6.07, 6.45) is 1.92. The number of benzene rings is 1. The summed E-state index contributed by atoms with van der Waals surface area (Å²) in [6.45, 7) is 8.23. The van der Waals surface area contributed by atoms with Gasteiger partial charge < -0.3 is 5.73 Å². The Morgan fingerprint density at radius 2 is 1.85 bits per heavy atom. The molecule has 0 spiro atoms. The summed E-state index contributed by atoms with van der Waals surface area (Å²) >= 11 is 0. The van der Waals surface area contributed by atoms with Crippen molar-refractivity contribution in [2.45, 2.75) is 58.0 Å². The Morgan fingerprint density at radius 1 is 1.25 bits per heavy atom. The van der Waals surface area contributed by atoms with E-state index in [0.29, 0.717) is 17.4 Å². The smallest absolute Gasteiger partial charge is 0.241 e. The van der Waals surface area contributed by atoms with Crippen LogP contribution in [0.5, 0.6) is 0 Å². The van der Waals surface area contributed by atoms with Crippen molar-refractivity contribution in [2.75, 3.05) is 0 Å². The van der Waals surface area contributed by atoms with Crippen LogP contribution in [0.2, 0.25) is 0 Å². The monoisotopic (exact) mass is 298 g/mol. The lowest BCUT2D eigenvalue weighted by Gasteiger charge is -2.23. The molecule has 0 radical (unpaired) electrons. The molecule has 0 saturated carbocycles. The minimum absolute atomic E-state index is 0.0732. The van der Waals surface area contributed by atoms with Crippen molar-refractivity contribution in [1.82, 2.24) is 4.72 Å². The van der Waals surface area contributed by atoms with Crippen LogP contribution < -0.4 is 10.5 Å². The Morgan fingerprint density at radius 3 is 2.35 bits per heavy atom. The highest BCUT2D eigenvalue weighted by molar-refractivity contribution is 7.89. The highest BCUT2D eigenvalue weighted by atomic mass is 32.2. The molecule has 0 aliphatic rings. The third-order valence-electron chi connectivity index (χ3n) is 3.87. The predicted octanol–water partition coefficient (Wildman–Crippen LogP) is 2.56. The summed E-state index contributed by atoms with van der Waals surface area (Å²) in [4.78, 5) is 0.332. The Bertz CT molecular complexity index is 537. The van der Waals surface area contributed by atoms with Crippen molar-refractivity contribution in [3.8, 4) is 0 Å².